The molecule has 7 nitrogen and oxygen atoms in total. The second kappa shape index (κ2) is 9.95. The second-order valence-electron chi connectivity index (χ2n) is 5.34. The summed E-state index contributed by atoms with van der Waals surface area (Å²) in [6, 6.07) is 10.8. The van der Waals surface area contributed by atoms with Crippen molar-refractivity contribution in [3.8, 4) is 5.75 Å². The van der Waals surface area contributed by atoms with Gasteiger partial charge in [0.2, 0.25) is 5.91 Å². The minimum absolute atomic E-state index is 0.115. The number of hydrogen-bond acceptors (Lipinski definition) is 5. The monoisotopic (exact) mass is 355 g/mol. The van der Waals surface area contributed by atoms with Crippen molar-refractivity contribution < 1.29 is 19.2 Å². The minimum Gasteiger partial charge on any atom is -0.484 e. The van der Waals surface area contributed by atoms with Crippen molar-refractivity contribution in [2.75, 3.05) is 20.8 Å². The van der Waals surface area contributed by atoms with Crippen LogP contribution in [0, 0.1) is 0 Å². The quantitative estimate of drug-likeness (QED) is 0.577. The Balaban J connectivity index is 1.79. The maximum absolute atomic E-state index is 11.8. The van der Waals surface area contributed by atoms with Gasteiger partial charge in [-0.1, -0.05) is 18.2 Å². The molecule has 0 saturated carbocycles. The third kappa shape index (κ3) is 6.37. The van der Waals surface area contributed by atoms with Crippen molar-refractivity contribution in [3.63, 3.8) is 0 Å². The van der Waals surface area contributed by atoms with Crippen LogP contribution in [0.2, 0.25) is 0 Å². The van der Waals surface area contributed by atoms with Crippen LogP contribution >= 0.6 is 0 Å². The van der Waals surface area contributed by atoms with Crippen molar-refractivity contribution in [3.05, 3.63) is 66.0 Å². The zero-order valence-corrected chi connectivity index (χ0v) is 14.7. The van der Waals surface area contributed by atoms with Crippen LogP contribution in [0.1, 0.15) is 11.1 Å². The van der Waals surface area contributed by atoms with Gasteiger partial charge in [-0.25, -0.2) is 5.06 Å². The van der Waals surface area contributed by atoms with Gasteiger partial charge >= 0.3 is 0 Å². The lowest BCUT2D eigenvalue weighted by molar-refractivity contribution is -0.170. The SMILES string of the molecule is CON(C)C(=O)COc1ccc(C=CC(=O)NCc2cccnc2)cc1. The second-order valence-corrected chi connectivity index (χ2v) is 5.34. The van der Waals surface area contributed by atoms with E-state index in [1.807, 2.05) is 12.1 Å². The van der Waals surface area contributed by atoms with E-state index in [4.69, 9.17) is 9.57 Å². The summed E-state index contributed by atoms with van der Waals surface area (Å²) in [4.78, 5) is 32.2. The minimum atomic E-state index is -0.290. The molecule has 0 saturated heterocycles. The van der Waals surface area contributed by atoms with Crippen LogP contribution in [-0.4, -0.2) is 42.6 Å². The van der Waals surface area contributed by atoms with Crippen molar-refractivity contribution in [2.24, 2.45) is 0 Å². The van der Waals surface area contributed by atoms with E-state index in [0.717, 1.165) is 16.2 Å². The average molecular weight is 355 g/mol. The number of carbonyl (C=O) groups is 2. The summed E-state index contributed by atoms with van der Waals surface area (Å²) in [5.74, 6) is 0.0742. The van der Waals surface area contributed by atoms with E-state index in [1.54, 1.807) is 42.7 Å². The predicted octanol–water partition coefficient (Wildman–Crippen LogP) is 1.81. The lowest BCUT2D eigenvalue weighted by Crippen LogP contribution is -2.30. The molecule has 0 spiro atoms. The maximum atomic E-state index is 11.8. The van der Waals surface area contributed by atoms with Crippen molar-refractivity contribution >= 4 is 17.9 Å². The summed E-state index contributed by atoms with van der Waals surface area (Å²) in [5, 5.41) is 3.88. The first-order valence-electron chi connectivity index (χ1n) is 7.97. The zero-order valence-electron chi connectivity index (χ0n) is 14.7. The highest BCUT2D eigenvalue weighted by atomic mass is 16.7. The third-order valence-electron chi connectivity index (χ3n) is 3.48. The van der Waals surface area contributed by atoms with Crippen LogP contribution in [0.4, 0.5) is 0 Å². The number of aromatic nitrogens is 1. The lowest BCUT2D eigenvalue weighted by atomic mass is 10.2. The molecule has 0 fully saturated rings. The fourth-order valence-corrected chi connectivity index (χ4v) is 1.94. The number of pyridine rings is 1. The summed E-state index contributed by atoms with van der Waals surface area (Å²) in [6.45, 7) is 0.310. The number of nitrogens with one attached hydrogen (secondary N) is 1. The Hall–Kier alpha value is -3.19. The average Bonchev–Trinajstić information content (AvgIpc) is 2.69. The molecule has 1 N–H and O–H groups in total. The number of carbonyl (C=O) groups excluding carboxylic acids is 2. The van der Waals surface area contributed by atoms with Gasteiger partial charge in [-0.3, -0.25) is 19.4 Å². The molecule has 1 heterocycles. The van der Waals surface area contributed by atoms with Gasteiger partial charge in [0.1, 0.15) is 5.75 Å². The van der Waals surface area contributed by atoms with Crippen LogP contribution < -0.4 is 10.1 Å². The molecule has 26 heavy (non-hydrogen) atoms. The Bertz CT molecular complexity index is 745. The van der Waals surface area contributed by atoms with E-state index < -0.39 is 0 Å². The van der Waals surface area contributed by atoms with E-state index in [9.17, 15) is 9.59 Å². The summed E-state index contributed by atoms with van der Waals surface area (Å²) in [6.07, 6.45) is 6.55. The molecule has 0 aliphatic heterocycles. The Morgan fingerprint density at radius 2 is 2.00 bits per heavy atom. The van der Waals surface area contributed by atoms with Crippen LogP contribution in [0.25, 0.3) is 6.08 Å². The van der Waals surface area contributed by atoms with Gasteiger partial charge in [0, 0.05) is 32.1 Å². The van der Waals surface area contributed by atoms with Gasteiger partial charge in [0.15, 0.2) is 6.61 Å². The normalized spacial score (nSPS) is 10.5. The number of nitrogens with zero attached hydrogens (tertiary/aromatic N) is 2. The first kappa shape index (κ1) is 19.1. The number of ether oxygens (including phenoxy) is 1. The molecule has 2 amide bonds. The van der Waals surface area contributed by atoms with Crippen LogP contribution in [0.5, 0.6) is 5.75 Å². The Labute approximate surface area is 152 Å². The largest absolute Gasteiger partial charge is 0.484 e. The number of hydrogen-bond donors (Lipinski definition) is 1. The first-order valence-corrected chi connectivity index (χ1v) is 7.97. The molecule has 7 heteroatoms. The molecule has 2 rings (SSSR count). The number of benzene rings is 1. The predicted molar refractivity (Wildman–Crippen MR) is 96.8 cm³/mol. The standard InChI is InChI=1S/C19H21N3O4/c1-22(25-2)19(24)14-26-17-8-5-15(6-9-17)7-10-18(23)21-13-16-4-3-11-20-12-16/h3-12H,13-14H2,1-2H3,(H,21,23). The smallest absolute Gasteiger partial charge is 0.283 e. The first-order chi connectivity index (χ1) is 12.6. The fourth-order valence-electron chi connectivity index (χ4n) is 1.94. The molecule has 0 aliphatic rings. The number of rotatable bonds is 8. The summed E-state index contributed by atoms with van der Waals surface area (Å²) in [7, 11) is 2.92. The highest BCUT2D eigenvalue weighted by Gasteiger charge is 2.08. The molecule has 0 radical (unpaired) electrons. The number of amides is 2. The van der Waals surface area contributed by atoms with E-state index in [0.29, 0.717) is 12.3 Å². The topological polar surface area (TPSA) is 80.8 Å². The van der Waals surface area contributed by atoms with Gasteiger partial charge in [-0.05, 0) is 35.4 Å². The van der Waals surface area contributed by atoms with Crippen molar-refractivity contribution in [1.29, 1.82) is 0 Å². The molecule has 1 aromatic heterocycles. The fraction of sp³-hybridized carbons (Fsp3) is 0.211. The molecule has 0 bridgehead atoms. The van der Waals surface area contributed by atoms with Gasteiger partial charge in [0.05, 0.1) is 7.11 Å². The van der Waals surface area contributed by atoms with Gasteiger partial charge in [-0.2, -0.15) is 0 Å². The van der Waals surface area contributed by atoms with Gasteiger partial charge in [-0.15, -0.1) is 0 Å². The molecule has 0 atom stereocenters. The van der Waals surface area contributed by atoms with Crippen molar-refractivity contribution in [1.82, 2.24) is 15.4 Å². The number of hydroxylamine groups is 2. The summed E-state index contributed by atoms with van der Waals surface area (Å²) >= 11 is 0. The molecule has 2 aromatic rings. The van der Waals surface area contributed by atoms with E-state index in [1.165, 1.54) is 20.2 Å². The Kier molecular flexibility index (Phi) is 7.32. The third-order valence-corrected chi connectivity index (χ3v) is 3.48. The Morgan fingerprint density at radius 1 is 1.23 bits per heavy atom. The molecular formula is C19H21N3O4. The molecule has 1 aromatic carbocycles. The molecule has 136 valence electrons. The lowest BCUT2D eigenvalue weighted by Gasteiger charge is -2.13. The van der Waals surface area contributed by atoms with Crippen LogP contribution in [-0.2, 0) is 21.0 Å². The maximum Gasteiger partial charge on any atom is 0.283 e. The Morgan fingerprint density at radius 3 is 2.65 bits per heavy atom. The molecule has 0 unspecified atom stereocenters. The van der Waals surface area contributed by atoms with Crippen molar-refractivity contribution in [2.45, 2.75) is 6.54 Å². The summed E-state index contributed by atoms with van der Waals surface area (Å²) < 4.78 is 5.38. The van der Waals surface area contributed by atoms with Gasteiger partial charge < -0.3 is 10.1 Å². The highest BCUT2D eigenvalue weighted by molar-refractivity contribution is 5.91. The van der Waals surface area contributed by atoms with E-state index in [-0.39, 0.29) is 18.4 Å². The zero-order chi connectivity index (χ0) is 18.8. The summed E-state index contributed by atoms with van der Waals surface area (Å²) in [5.41, 5.74) is 1.78. The van der Waals surface area contributed by atoms with E-state index in [2.05, 4.69) is 10.3 Å². The van der Waals surface area contributed by atoms with Crippen LogP contribution in [0.15, 0.2) is 54.9 Å². The highest BCUT2D eigenvalue weighted by Crippen LogP contribution is 2.13. The number of likely N-dealkylation sites (N-methyl/N-ethyl adjacent to an activating group) is 1. The molecule has 0 aliphatic carbocycles. The van der Waals surface area contributed by atoms with Crippen LogP contribution in [0.3, 0.4) is 0 Å². The van der Waals surface area contributed by atoms with Gasteiger partial charge in [0.25, 0.3) is 5.91 Å². The molecular weight excluding hydrogens is 334 g/mol. The van der Waals surface area contributed by atoms with E-state index >= 15 is 0 Å².